The van der Waals surface area contributed by atoms with Crippen LogP contribution in [-0.2, 0) is 0 Å². The summed E-state index contributed by atoms with van der Waals surface area (Å²) in [5.41, 5.74) is 3.53. The number of benzene rings is 2. The molecule has 2 rings (SSSR count). The lowest BCUT2D eigenvalue weighted by molar-refractivity contribution is -0.00000369. The van der Waals surface area contributed by atoms with Gasteiger partial charge in [-0.15, -0.1) is 0 Å². The number of quaternary nitrogens is 1. The lowest BCUT2D eigenvalue weighted by Crippen LogP contribution is -3.00. The zero-order valence-electron chi connectivity index (χ0n) is 11.0. The molecular formula is C15H19ClN2. The molecule has 2 aromatic rings. The van der Waals surface area contributed by atoms with Gasteiger partial charge in [0.25, 0.3) is 0 Å². The molecule has 2 nitrogen and oxygen atoms in total. The van der Waals surface area contributed by atoms with Crippen LogP contribution in [0, 0.1) is 0 Å². The van der Waals surface area contributed by atoms with Crippen molar-refractivity contribution in [1.82, 2.24) is 4.48 Å². The quantitative estimate of drug-likeness (QED) is 0.801. The highest BCUT2D eigenvalue weighted by Crippen LogP contribution is 2.22. The maximum absolute atomic E-state index is 3.38. The topological polar surface area (TPSA) is 12.0 Å². The molecule has 0 heterocycles. The molecule has 0 atom stereocenters. The Balaban J connectivity index is 0.00000162. The molecule has 0 spiro atoms. The van der Waals surface area contributed by atoms with Crippen LogP contribution in [0.4, 0.5) is 17.1 Å². The average Bonchev–Trinajstić information content (AvgIpc) is 2.30. The van der Waals surface area contributed by atoms with E-state index in [1.807, 2.05) is 18.2 Å². The van der Waals surface area contributed by atoms with Gasteiger partial charge in [-0.3, -0.25) is 4.48 Å². The Kier molecular flexibility index (Phi) is 4.76. The maximum Gasteiger partial charge on any atom is 0.132 e. The molecule has 3 heteroatoms. The van der Waals surface area contributed by atoms with Crippen LogP contribution in [0.1, 0.15) is 0 Å². The van der Waals surface area contributed by atoms with Gasteiger partial charge in [-0.2, -0.15) is 0 Å². The molecule has 1 N–H and O–H groups in total. The van der Waals surface area contributed by atoms with Gasteiger partial charge in [0.2, 0.25) is 0 Å². The van der Waals surface area contributed by atoms with Gasteiger partial charge in [-0.1, -0.05) is 18.2 Å². The van der Waals surface area contributed by atoms with Gasteiger partial charge < -0.3 is 17.7 Å². The van der Waals surface area contributed by atoms with E-state index in [1.165, 1.54) is 5.69 Å². The summed E-state index contributed by atoms with van der Waals surface area (Å²) in [6.07, 6.45) is 0. The van der Waals surface area contributed by atoms with Gasteiger partial charge in [0.15, 0.2) is 0 Å². The number of hydrogen-bond acceptors (Lipinski definition) is 1. The lowest BCUT2D eigenvalue weighted by atomic mass is 10.2. The monoisotopic (exact) mass is 262 g/mol. The van der Waals surface area contributed by atoms with E-state index in [9.17, 15) is 0 Å². The first-order valence-corrected chi connectivity index (χ1v) is 5.80. The number of halogens is 1. The molecule has 0 unspecified atom stereocenters. The Labute approximate surface area is 115 Å². The maximum atomic E-state index is 3.38. The predicted molar refractivity (Wildman–Crippen MR) is 75.7 cm³/mol. The van der Waals surface area contributed by atoms with E-state index in [2.05, 4.69) is 62.9 Å². The third kappa shape index (κ3) is 3.76. The van der Waals surface area contributed by atoms with Crippen molar-refractivity contribution in [3.8, 4) is 0 Å². The standard InChI is InChI=1S/C15H19N2.ClH/c1-17(2,3)15-11-9-14(10-12-15)16-13-7-5-4-6-8-13;/h4-12,16H,1-3H3;1H/q+1;/p-1. The fourth-order valence-electron chi connectivity index (χ4n) is 1.68. The highest BCUT2D eigenvalue weighted by atomic mass is 35.5. The number of rotatable bonds is 3. The van der Waals surface area contributed by atoms with Crippen molar-refractivity contribution in [1.29, 1.82) is 0 Å². The third-order valence-electron chi connectivity index (χ3n) is 2.70. The van der Waals surface area contributed by atoms with Crippen LogP contribution >= 0.6 is 0 Å². The summed E-state index contributed by atoms with van der Waals surface area (Å²) in [7, 11) is 6.50. The van der Waals surface area contributed by atoms with Crippen molar-refractivity contribution in [2.45, 2.75) is 0 Å². The minimum Gasteiger partial charge on any atom is -1.00 e. The SMILES string of the molecule is C[N+](C)(C)c1ccc(Nc2ccccc2)cc1.[Cl-]. The van der Waals surface area contributed by atoms with Gasteiger partial charge >= 0.3 is 0 Å². The number of hydrogen-bond donors (Lipinski definition) is 1. The summed E-state index contributed by atoms with van der Waals surface area (Å²) < 4.78 is 0.839. The van der Waals surface area contributed by atoms with Crippen LogP contribution in [0.25, 0.3) is 0 Å². The van der Waals surface area contributed by atoms with E-state index in [4.69, 9.17) is 0 Å². The van der Waals surface area contributed by atoms with Gasteiger partial charge in [-0.05, 0) is 24.3 Å². The average molecular weight is 263 g/mol. The van der Waals surface area contributed by atoms with E-state index < -0.39 is 0 Å². The third-order valence-corrected chi connectivity index (χ3v) is 2.70. The normalized spacial score (nSPS) is 10.6. The van der Waals surface area contributed by atoms with Crippen LogP contribution in [0.5, 0.6) is 0 Å². The van der Waals surface area contributed by atoms with Gasteiger partial charge in [0, 0.05) is 23.5 Å². The van der Waals surface area contributed by atoms with E-state index in [0.717, 1.165) is 15.9 Å². The molecule has 0 saturated carbocycles. The summed E-state index contributed by atoms with van der Waals surface area (Å²) in [6.45, 7) is 0. The summed E-state index contributed by atoms with van der Waals surface area (Å²) in [4.78, 5) is 0. The van der Waals surface area contributed by atoms with Crippen molar-refractivity contribution in [2.75, 3.05) is 26.5 Å². The van der Waals surface area contributed by atoms with Crippen LogP contribution in [-0.4, -0.2) is 21.1 Å². The first-order valence-electron chi connectivity index (χ1n) is 5.80. The van der Waals surface area contributed by atoms with Crippen molar-refractivity contribution >= 4 is 17.1 Å². The molecule has 0 aliphatic carbocycles. The number of anilines is 2. The molecule has 18 heavy (non-hydrogen) atoms. The Morgan fingerprint density at radius 2 is 1.22 bits per heavy atom. The van der Waals surface area contributed by atoms with Crippen molar-refractivity contribution in [3.63, 3.8) is 0 Å². The molecular weight excluding hydrogens is 244 g/mol. The Morgan fingerprint density at radius 3 is 1.72 bits per heavy atom. The van der Waals surface area contributed by atoms with E-state index >= 15 is 0 Å². The van der Waals surface area contributed by atoms with Gasteiger partial charge in [-0.25, -0.2) is 0 Å². The van der Waals surface area contributed by atoms with Crippen LogP contribution < -0.4 is 22.2 Å². The molecule has 2 aromatic carbocycles. The summed E-state index contributed by atoms with van der Waals surface area (Å²) >= 11 is 0. The fraction of sp³-hybridized carbons (Fsp3) is 0.200. The van der Waals surface area contributed by atoms with Crippen molar-refractivity contribution in [2.24, 2.45) is 0 Å². The fourth-order valence-corrected chi connectivity index (χ4v) is 1.68. The highest BCUT2D eigenvalue weighted by Gasteiger charge is 2.10. The molecule has 0 fully saturated rings. The molecule has 0 radical (unpaired) electrons. The highest BCUT2D eigenvalue weighted by molar-refractivity contribution is 5.61. The Bertz CT molecular complexity index is 472. The lowest BCUT2D eigenvalue weighted by Gasteiger charge is -2.23. The second-order valence-electron chi connectivity index (χ2n) is 5.05. The van der Waals surface area contributed by atoms with Crippen LogP contribution in [0.2, 0.25) is 0 Å². The summed E-state index contributed by atoms with van der Waals surface area (Å²) in [5.74, 6) is 0. The van der Waals surface area contributed by atoms with E-state index in [1.54, 1.807) is 0 Å². The molecule has 0 aliphatic rings. The second kappa shape index (κ2) is 5.89. The van der Waals surface area contributed by atoms with E-state index in [-0.39, 0.29) is 12.4 Å². The first-order chi connectivity index (χ1) is 8.05. The smallest absolute Gasteiger partial charge is 0.132 e. The Morgan fingerprint density at radius 1 is 0.722 bits per heavy atom. The van der Waals surface area contributed by atoms with Crippen LogP contribution in [0.15, 0.2) is 54.6 Å². The largest absolute Gasteiger partial charge is 1.00 e. The Hall–Kier alpha value is -1.51. The minimum atomic E-state index is 0. The van der Waals surface area contributed by atoms with Crippen molar-refractivity contribution < 1.29 is 12.4 Å². The number of nitrogens with one attached hydrogen (secondary N) is 1. The molecule has 0 aromatic heterocycles. The first kappa shape index (κ1) is 14.6. The van der Waals surface area contributed by atoms with Gasteiger partial charge in [0.1, 0.15) is 5.69 Å². The van der Waals surface area contributed by atoms with Crippen LogP contribution in [0.3, 0.4) is 0 Å². The number of nitrogens with zero attached hydrogens (tertiary/aromatic N) is 1. The zero-order valence-corrected chi connectivity index (χ0v) is 11.8. The molecule has 0 amide bonds. The zero-order chi connectivity index (χ0) is 12.3. The summed E-state index contributed by atoms with van der Waals surface area (Å²) in [6, 6.07) is 18.8. The minimum absolute atomic E-state index is 0. The predicted octanol–water partition coefficient (Wildman–Crippen LogP) is 0.631. The molecule has 0 bridgehead atoms. The molecule has 96 valence electrons. The molecule has 0 saturated heterocycles. The molecule has 0 aliphatic heterocycles. The number of para-hydroxylation sites is 1. The van der Waals surface area contributed by atoms with Gasteiger partial charge in [0.05, 0.1) is 21.1 Å². The second-order valence-corrected chi connectivity index (χ2v) is 5.05. The van der Waals surface area contributed by atoms with E-state index in [0.29, 0.717) is 0 Å². The summed E-state index contributed by atoms with van der Waals surface area (Å²) in [5, 5.41) is 3.38. The van der Waals surface area contributed by atoms with Crippen molar-refractivity contribution in [3.05, 3.63) is 54.6 Å².